The number of ketones is 3. The van der Waals surface area contributed by atoms with Crippen molar-refractivity contribution in [2.24, 2.45) is 0 Å². The standard InChI is InChI=1S/C27H33NO14/c1-15(30)4-11-21(33)40-24-20(14-29)39-27(38-19-9-7-18(8-10-19)28(36)37)26(42-23(35)13-6-17(3)32)25(24)41-22(34)12-5-16(2)31/h7-10,20,24-27,29H,4-6,11-14H2,1-3H3/t20?,24-,25?,26?,27+/m1/s1. The van der Waals surface area contributed by atoms with Crippen LogP contribution in [0.1, 0.15) is 59.3 Å². The molecule has 1 aromatic rings. The van der Waals surface area contributed by atoms with Crippen molar-refractivity contribution in [3.63, 3.8) is 0 Å². The van der Waals surface area contributed by atoms with Crippen LogP contribution in [0, 0.1) is 10.1 Å². The normalized spacial score (nSPS) is 21.5. The lowest BCUT2D eigenvalue weighted by Crippen LogP contribution is -2.63. The van der Waals surface area contributed by atoms with Gasteiger partial charge in [0, 0.05) is 31.4 Å². The lowest BCUT2D eigenvalue weighted by molar-refractivity contribution is -0.384. The summed E-state index contributed by atoms with van der Waals surface area (Å²) in [7, 11) is 0. The fourth-order valence-electron chi connectivity index (χ4n) is 3.77. The molecule has 0 aliphatic carbocycles. The molecule has 1 fully saturated rings. The van der Waals surface area contributed by atoms with Crippen LogP contribution >= 0.6 is 0 Å². The molecule has 2 rings (SSSR count). The second kappa shape index (κ2) is 16.3. The van der Waals surface area contributed by atoms with Crippen LogP contribution in [-0.4, -0.2) is 82.6 Å². The molecule has 1 heterocycles. The molecule has 0 aromatic heterocycles. The van der Waals surface area contributed by atoms with E-state index >= 15 is 0 Å². The molecule has 0 amide bonds. The smallest absolute Gasteiger partial charge is 0.306 e. The van der Waals surface area contributed by atoms with E-state index in [-0.39, 0.29) is 67.3 Å². The van der Waals surface area contributed by atoms with Gasteiger partial charge in [-0.15, -0.1) is 0 Å². The third kappa shape index (κ3) is 11.0. The Labute approximate surface area is 240 Å². The number of ether oxygens (including phenoxy) is 5. The van der Waals surface area contributed by atoms with E-state index in [9.17, 15) is 44.0 Å². The van der Waals surface area contributed by atoms with Crippen molar-refractivity contribution in [2.45, 2.75) is 90.0 Å². The van der Waals surface area contributed by atoms with E-state index in [0.717, 1.165) is 12.1 Å². The van der Waals surface area contributed by atoms with Gasteiger partial charge in [-0.2, -0.15) is 0 Å². The second-order valence-corrected chi connectivity index (χ2v) is 9.56. The number of nitrogens with zero attached hydrogens (tertiary/aromatic N) is 1. The number of hydrogen-bond acceptors (Lipinski definition) is 14. The fourth-order valence-corrected chi connectivity index (χ4v) is 3.77. The SMILES string of the molecule is CC(=O)CCC(=O)OC1C(OC(=O)CCC(C)=O)[C@H](OC(=O)CCC(C)=O)C(CO)O[C@@H]1Oc1ccc([N+](=O)[O-])cc1. The zero-order valence-electron chi connectivity index (χ0n) is 23.3. The maximum Gasteiger partial charge on any atom is 0.306 e. The average Bonchev–Trinajstić information content (AvgIpc) is 2.92. The molecule has 0 radical (unpaired) electrons. The Kier molecular flexibility index (Phi) is 13.2. The number of esters is 3. The van der Waals surface area contributed by atoms with Crippen LogP contribution in [0.25, 0.3) is 0 Å². The van der Waals surface area contributed by atoms with Crippen molar-refractivity contribution in [1.29, 1.82) is 0 Å². The summed E-state index contributed by atoms with van der Waals surface area (Å²) in [4.78, 5) is 82.5. The number of benzene rings is 1. The third-order valence-electron chi connectivity index (χ3n) is 5.92. The van der Waals surface area contributed by atoms with Gasteiger partial charge in [0.05, 0.1) is 30.8 Å². The zero-order valence-corrected chi connectivity index (χ0v) is 23.3. The highest BCUT2D eigenvalue weighted by atomic mass is 16.7. The molecular formula is C27H33NO14. The summed E-state index contributed by atoms with van der Waals surface area (Å²) in [6, 6.07) is 4.72. The first kappa shape index (κ1) is 34.0. The Balaban J connectivity index is 2.48. The first-order valence-corrected chi connectivity index (χ1v) is 13.0. The lowest BCUT2D eigenvalue weighted by atomic mass is 9.97. The van der Waals surface area contributed by atoms with E-state index in [2.05, 4.69) is 0 Å². The molecule has 15 heteroatoms. The number of nitro benzene ring substituents is 1. The molecule has 1 aromatic carbocycles. The highest BCUT2D eigenvalue weighted by Crippen LogP contribution is 2.32. The van der Waals surface area contributed by atoms with Crippen molar-refractivity contribution < 1.29 is 62.5 Å². The quantitative estimate of drug-likeness (QED) is 0.124. The monoisotopic (exact) mass is 595 g/mol. The molecule has 15 nitrogen and oxygen atoms in total. The topological polar surface area (TPSA) is 212 Å². The number of carbonyl (C=O) groups excluding carboxylic acids is 6. The van der Waals surface area contributed by atoms with Gasteiger partial charge in [0.1, 0.15) is 29.2 Å². The third-order valence-corrected chi connectivity index (χ3v) is 5.92. The Morgan fingerprint density at radius 1 is 0.738 bits per heavy atom. The molecule has 1 aliphatic rings. The summed E-state index contributed by atoms with van der Waals surface area (Å²) in [5.41, 5.74) is -0.248. The highest BCUT2D eigenvalue weighted by molar-refractivity contribution is 5.82. The molecule has 1 aliphatic heterocycles. The van der Waals surface area contributed by atoms with Crippen LogP contribution in [0.5, 0.6) is 5.75 Å². The number of rotatable bonds is 16. The van der Waals surface area contributed by atoms with Gasteiger partial charge in [0.15, 0.2) is 12.2 Å². The molecule has 230 valence electrons. The van der Waals surface area contributed by atoms with Gasteiger partial charge < -0.3 is 43.2 Å². The minimum atomic E-state index is -1.64. The molecular weight excluding hydrogens is 562 g/mol. The number of aliphatic hydroxyl groups excluding tert-OH is 1. The van der Waals surface area contributed by atoms with Crippen molar-refractivity contribution >= 4 is 40.9 Å². The van der Waals surface area contributed by atoms with Gasteiger partial charge in [-0.1, -0.05) is 0 Å². The largest absolute Gasteiger partial charge is 0.461 e. The molecule has 42 heavy (non-hydrogen) atoms. The molecule has 3 unspecified atom stereocenters. The molecule has 0 saturated carbocycles. The van der Waals surface area contributed by atoms with Crippen LogP contribution in [0.3, 0.4) is 0 Å². The molecule has 0 bridgehead atoms. The summed E-state index contributed by atoms with van der Waals surface area (Å²) in [5, 5.41) is 21.1. The van der Waals surface area contributed by atoms with Crippen LogP contribution in [0.4, 0.5) is 5.69 Å². The van der Waals surface area contributed by atoms with Crippen molar-refractivity contribution in [1.82, 2.24) is 0 Å². The molecule has 5 atom stereocenters. The lowest BCUT2D eigenvalue weighted by Gasteiger charge is -2.44. The number of carbonyl (C=O) groups is 6. The van der Waals surface area contributed by atoms with Gasteiger partial charge >= 0.3 is 17.9 Å². The Morgan fingerprint density at radius 2 is 1.17 bits per heavy atom. The van der Waals surface area contributed by atoms with Crippen LogP contribution in [0.2, 0.25) is 0 Å². The van der Waals surface area contributed by atoms with Crippen molar-refractivity contribution in [2.75, 3.05) is 6.61 Å². The molecule has 1 N–H and O–H groups in total. The van der Waals surface area contributed by atoms with Gasteiger partial charge in [-0.05, 0) is 32.9 Å². The highest BCUT2D eigenvalue weighted by Gasteiger charge is 2.53. The molecule has 0 spiro atoms. The maximum absolute atomic E-state index is 12.7. The van der Waals surface area contributed by atoms with E-state index < -0.39 is 60.1 Å². The van der Waals surface area contributed by atoms with Crippen LogP contribution in [0.15, 0.2) is 24.3 Å². The summed E-state index contributed by atoms with van der Waals surface area (Å²) in [5.74, 6) is -3.68. The fraction of sp³-hybridized carbons (Fsp3) is 0.556. The number of aliphatic hydroxyl groups is 1. The summed E-state index contributed by atoms with van der Waals surface area (Å²) in [6.07, 6.45) is -9.45. The first-order chi connectivity index (χ1) is 19.8. The summed E-state index contributed by atoms with van der Waals surface area (Å²) < 4.78 is 28.0. The number of nitro groups is 1. The predicted octanol–water partition coefficient (Wildman–Crippen LogP) is 1.53. The number of hydrogen-bond donors (Lipinski definition) is 1. The van der Waals surface area contributed by atoms with E-state index in [1.807, 2.05) is 0 Å². The first-order valence-electron chi connectivity index (χ1n) is 13.0. The van der Waals surface area contributed by atoms with Gasteiger partial charge in [-0.25, -0.2) is 0 Å². The Morgan fingerprint density at radius 3 is 1.57 bits per heavy atom. The Bertz CT molecular complexity index is 1160. The van der Waals surface area contributed by atoms with Crippen molar-refractivity contribution in [3.05, 3.63) is 34.4 Å². The van der Waals surface area contributed by atoms with Gasteiger partial charge in [0.25, 0.3) is 5.69 Å². The van der Waals surface area contributed by atoms with Crippen molar-refractivity contribution in [3.8, 4) is 5.75 Å². The predicted molar refractivity (Wildman–Crippen MR) is 139 cm³/mol. The number of Topliss-reactive ketones (excluding diaryl/α,β-unsaturated/α-hetero) is 3. The summed E-state index contributed by atoms with van der Waals surface area (Å²) in [6.45, 7) is 3.00. The van der Waals surface area contributed by atoms with Gasteiger partial charge in [-0.3, -0.25) is 24.5 Å². The molecule has 1 saturated heterocycles. The Hall–Kier alpha value is -4.24. The zero-order chi connectivity index (χ0) is 31.4. The minimum Gasteiger partial charge on any atom is -0.461 e. The van der Waals surface area contributed by atoms with E-state index in [4.69, 9.17) is 23.7 Å². The average molecular weight is 596 g/mol. The summed E-state index contributed by atoms with van der Waals surface area (Å²) >= 11 is 0. The minimum absolute atomic E-state index is 0.00522. The van der Waals surface area contributed by atoms with E-state index in [1.165, 1.54) is 32.9 Å². The number of non-ortho nitro benzene ring substituents is 1. The maximum atomic E-state index is 12.7. The van der Waals surface area contributed by atoms with E-state index in [0.29, 0.717) is 0 Å². The van der Waals surface area contributed by atoms with Gasteiger partial charge in [0.2, 0.25) is 12.4 Å². The van der Waals surface area contributed by atoms with E-state index in [1.54, 1.807) is 0 Å². The van der Waals surface area contributed by atoms with Crippen LogP contribution < -0.4 is 4.74 Å². The second-order valence-electron chi connectivity index (χ2n) is 9.56. The van der Waals surface area contributed by atoms with Crippen LogP contribution in [-0.2, 0) is 47.7 Å².